The van der Waals surface area contributed by atoms with E-state index in [1.165, 1.54) is 13.4 Å². The Morgan fingerprint density at radius 1 is 1.08 bits per heavy atom. The van der Waals surface area contributed by atoms with Crippen LogP contribution in [0.1, 0.15) is 17.0 Å². The molecule has 6 nitrogen and oxygen atoms in total. The third-order valence-corrected chi connectivity index (χ3v) is 4.69. The molecule has 1 aromatic carbocycles. The molecule has 26 heavy (non-hydrogen) atoms. The number of ether oxygens (including phenoxy) is 2. The summed E-state index contributed by atoms with van der Waals surface area (Å²) in [5.41, 5.74) is 2.52. The van der Waals surface area contributed by atoms with Crippen LogP contribution in [0.15, 0.2) is 35.1 Å². The molecule has 0 bridgehead atoms. The van der Waals surface area contributed by atoms with E-state index < -0.39 is 9.84 Å². The van der Waals surface area contributed by atoms with Crippen LogP contribution in [0.2, 0.25) is 0 Å². The predicted octanol–water partition coefficient (Wildman–Crippen LogP) is 2.53. The van der Waals surface area contributed by atoms with Gasteiger partial charge in [-0.2, -0.15) is 0 Å². The number of nitrogens with zero attached hydrogens (tertiary/aromatic N) is 1. The predicted molar refractivity (Wildman–Crippen MR) is 104 cm³/mol. The third kappa shape index (κ3) is 5.49. The fraction of sp³-hybridized carbons (Fsp3) is 0.316. The van der Waals surface area contributed by atoms with Crippen LogP contribution in [-0.2, 0) is 9.84 Å². The van der Waals surface area contributed by atoms with E-state index in [1.54, 1.807) is 24.3 Å². The van der Waals surface area contributed by atoms with Crippen molar-refractivity contribution in [1.82, 2.24) is 4.57 Å². The number of sulfone groups is 1. The van der Waals surface area contributed by atoms with Gasteiger partial charge in [0, 0.05) is 36.0 Å². The van der Waals surface area contributed by atoms with Gasteiger partial charge in [0.2, 0.25) is 0 Å². The van der Waals surface area contributed by atoms with E-state index in [1.807, 2.05) is 36.8 Å². The van der Waals surface area contributed by atoms with Gasteiger partial charge in [0.1, 0.15) is 6.61 Å². The number of aryl methyl sites for hydroxylation is 2. The van der Waals surface area contributed by atoms with Crippen LogP contribution in [-0.4, -0.2) is 38.7 Å². The summed E-state index contributed by atoms with van der Waals surface area (Å²) in [6.07, 6.45) is 4.92. The lowest BCUT2D eigenvalue weighted by Crippen LogP contribution is -2.12. The van der Waals surface area contributed by atoms with Crippen LogP contribution in [0.3, 0.4) is 0 Å². The molecule has 0 saturated heterocycles. The molecule has 0 atom stereocenters. The lowest BCUT2D eigenvalue weighted by molar-refractivity contribution is 0.311. The van der Waals surface area contributed by atoms with Crippen LogP contribution in [0.4, 0.5) is 0 Å². The Kier molecular flexibility index (Phi) is 6.26. The average Bonchev–Trinajstić information content (AvgIpc) is 2.53. The fourth-order valence-corrected chi connectivity index (χ4v) is 2.87. The first kappa shape index (κ1) is 19.8. The SMILES string of the molecule is COc1ccc(/C=C/n2c(C)cc(=O)cc2C)cc1OCCS(C)(=O)=O. The first-order valence-electron chi connectivity index (χ1n) is 8.06. The summed E-state index contributed by atoms with van der Waals surface area (Å²) in [7, 11) is -1.56. The van der Waals surface area contributed by atoms with E-state index in [9.17, 15) is 13.2 Å². The van der Waals surface area contributed by atoms with E-state index in [0.717, 1.165) is 17.0 Å². The Morgan fingerprint density at radius 3 is 2.31 bits per heavy atom. The molecule has 1 aromatic heterocycles. The minimum Gasteiger partial charge on any atom is -0.493 e. The molecule has 0 saturated carbocycles. The molecule has 140 valence electrons. The van der Waals surface area contributed by atoms with Crippen LogP contribution in [0, 0.1) is 13.8 Å². The standard InChI is InChI=1S/C19H23NO5S/c1-14-11-17(21)12-15(2)20(14)8-7-16-5-6-18(24-3)19(13-16)25-9-10-26(4,22)23/h5-8,11-13H,9-10H2,1-4H3/b8-7+. The maximum atomic E-state index is 11.5. The second kappa shape index (κ2) is 8.23. The quantitative estimate of drug-likeness (QED) is 0.741. The van der Waals surface area contributed by atoms with Gasteiger partial charge in [-0.3, -0.25) is 4.79 Å². The maximum Gasteiger partial charge on any atom is 0.182 e. The zero-order chi connectivity index (χ0) is 19.3. The Labute approximate surface area is 153 Å². The third-order valence-electron chi connectivity index (χ3n) is 3.78. The van der Waals surface area contributed by atoms with Crippen molar-refractivity contribution in [2.75, 3.05) is 25.7 Å². The summed E-state index contributed by atoms with van der Waals surface area (Å²) in [4.78, 5) is 11.5. The summed E-state index contributed by atoms with van der Waals surface area (Å²) in [5.74, 6) is 0.949. The molecule has 0 aliphatic rings. The second-order valence-electron chi connectivity index (χ2n) is 6.05. The second-order valence-corrected chi connectivity index (χ2v) is 8.31. The molecule has 0 unspecified atom stereocenters. The van der Waals surface area contributed by atoms with Gasteiger partial charge in [-0.05, 0) is 37.6 Å². The molecule has 0 amide bonds. The van der Waals surface area contributed by atoms with Crippen molar-refractivity contribution >= 4 is 22.1 Å². The van der Waals surface area contributed by atoms with Crippen molar-refractivity contribution in [2.24, 2.45) is 0 Å². The molecule has 0 fully saturated rings. The molecule has 0 aliphatic carbocycles. The average molecular weight is 377 g/mol. The summed E-state index contributed by atoms with van der Waals surface area (Å²) in [6, 6.07) is 8.56. The van der Waals surface area contributed by atoms with E-state index in [4.69, 9.17) is 9.47 Å². The van der Waals surface area contributed by atoms with Crippen LogP contribution >= 0.6 is 0 Å². The molecule has 2 rings (SSSR count). The van der Waals surface area contributed by atoms with Crippen molar-refractivity contribution in [3.05, 3.63) is 57.5 Å². The zero-order valence-corrected chi connectivity index (χ0v) is 16.2. The Hall–Kier alpha value is -2.54. The number of methoxy groups -OCH3 is 1. The van der Waals surface area contributed by atoms with Gasteiger partial charge in [0.15, 0.2) is 26.8 Å². The molecule has 7 heteroatoms. The van der Waals surface area contributed by atoms with E-state index in [-0.39, 0.29) is 17.8 Å². The van der Waals surface area contributed by atoms with Gasteiger partial charge < -0.3 is 14.0 Å². The number of hydrogen-bond donors (Lipinski definition) is 0. The highest BCUT2D eigenvalue weighted by molar-refractivity contribution is 7.90. The molecule has 2 aromatic rings. The summed E-state index contributed by atoms with van der Waals surface area (Å²) >= 11 is 0. The van der Waals surface area contributed by atoms with Crippen LogP contribution in [0.25, 0.3) is 12.3 Å². The monoisotopic (exact) mass is 377 g/mol. The highest BCUT2D eigenvalue weighted by atomic mass is 32.2. The van der Waals surface area contributed by atoms with Crippen molar-refractivity contribution < 1.29 is 17.9 Å². The topological polar surface area (TPSA) is 74.6 Å². The van der Waals surface area contributed by atoms with Crippen molar-refractivity contribution in [3.63, 3.8) is 0 Å². The molecule has 0 radical (unpaired) electrons. The van der Waals surface area contributed by atoms with Crippen LogP contribution < -0.4 is 14.9 Å². The zero-order valence-electron chi connectivity index (χ0n) is 15.4. The van der Waals surface area contributed by atoms with Gasteiger partial charge in [0.25, 0.3) is 0 Å². The largest absolute Gasteiger partial charge is 0.493 e. The number of aromatic nitrogens is 1. The maximum absolute atomic E-state index is 11.5. The Balaban J connectivity index is 2.25. The van der Waals surface area contributed by atoms with E-state index in [2.05, 4.69) is 0 Å². The number of hydrogen-bond acceptors (Lipinski definition) is 5. The van der Waals surface area contributed by atoms with E-state index >= 15 is 0 Å². The van der Waals surface area contributed by atoms with Crippen LogP contribution in [0.5, 0.6) is 11.5 Å². The van der Waals surface area contributed by atoms with Crippen molar-refractivity contribution in [2.45, 2.75) is 13.8 Å². The van der Waals surface area contributed by atoms with Gasteiger partial charge in [-0.1, -0.05) is 6.07 Å². The van der Waals surface area contributed by atoms with Crippen molar-refractivity contribution in [3.8, 4) is 11.5 Å². The van der Waals surface area contributed by atoms with Crippen molar-refractivity contribution in [1.29, 1.82) is 0 Å². The summed E-state index contributed by atoms with van der Waals surface area (Å²) < 4.78 is 35.2. The minimum absolute atomic E-state index is 0.0179. The van der Waals surface area contributed by atoms with E-state index in [0.29, 0.717) is 11.5 Å². The number of pyridine rings is 1. The molecule has 0 N–H and O–H groups in total. The lowest BCUT2D eigenvalue weighted by atomic mass is 10.2. The normalized spacial score (nSPS) is 11.7. The van der Waals surface area contributed by atoms with Gasteiger partial charge >= 0.3 is 0 Å². The Bertz CT molecular complexity index is 948. The summed E-state index contributed by atoms with van der Waals surface area (Å²) in [6.45, 7) is 3.79. The molecular formula is C19H23NO5S. The number of rotatable bonds is 7. The Morgan fingerprint density at radius 2 is 1.73 bits per heavy atom. The highest BCUT2D eigenvalue weighted by Crippen LogP contribution is 2.28. The first-order chi connectivity index (χ1) is 12.2. The molecule has 0 spiro atoms. The summed E-state index contributed by atoms with van der Waals surface area (Å²) in [5, 5.41) is 0. The fourth-order valence-electron chi connectivity index (χ4n) is 2.48. The minimum atomic E-state index is -3.09. The molecule has 1 heterocycles. The highest BCUT2D eigenvalue weighted by Gasteiger charge is 2.08. The molecule has 0 aliphatic heterocycles. The molecular weight excluding hydrogens is 354 g/mol. The van der Waals surface area contributed by atoms with Gasteiger partial charge in [-0.25, -0.2) is 8.42 Å². The smallest absolute Gasteiger partial charge is 0.182 e. The first-order valence-corrected chi connectivity index (χ1v) is 10.1. The number of benzene rings is 1. The van der Waals surface area contributed by atoms with Gasteiger partial charge in [-0.15, -0.1) is 0 Å². The lowest BCUT2D eigenvalue weighted by Gasteiger charge is -2.12. The van der Waals surface area contributed by atoms with Gasteiger partial charge in [0.05, 0.1) is 12.9 Å².